The van der Waals surface area contributed by atoms with Gasteiger partial charge in [-0.2, -0.15) is 5.26 Å². The average molecular weight is 611 g/mol. The summed E-state index contributed by atoms with van der Waals surface area (Å²) in [5.74, 6) is 0. The van der Waals surface area contributed by atoms with Crippen LogP contribution in [-0.4, -0.2) is 9.13 Å². The topological polar surface area (TPSA) is 38.0 Å². The lowest BCUT2D eigenvalue weighted by atomic mass is 9.97. The Labute approximate surface area is 277 Å². The van der Waals surface area contributed by atoms with Gasteiger partial charge in [0.1, 0.15) is 6.07 Å². The van der Waals surface area contributed by atoms with Crippen molar-refractivity contribution in [2.45, 2.75) is 0 Å². The lowest BCUT2D eigenvalue weighted by Gasteiger charge is -2.15. The van der Waals surface area contributed by atoms with Crippen LogP contribution in [0.4, 0.5) is 5.69 Å². The molecule has 0 atom stereocenters. The molecule has 0 aliphatic carbocycles. The van der Waals surface area contributed by atoms with Crippen molar-refractivity contribution in [2.75, 3.05) is 0 Å². The van der Waals surface area contributed by atoms with Crippen molar-refractivity contribution in [2.24, 2.45) is 0 Å². The van der Waals surface area contributed by atoms with E-state index in [-0.39, 0.29) is 0 Å². The molecule has 2 aromatic heterocycles. The van der Waals surface area contributed by atoms with E-state index in [2.05, 4.69) is 147 Å². The highest BCUT2D eigenvalue weighted by molar-refractivity contribution is 6.10. The molecule has 0 amide bonds. The maximum Gasteiger partial charge on any atom is 0.189 e. The van der Waals surface area contributed by atoms with Crippen molar-refractivity contribution in [3.05, 3.63) is 175 Å². The maximum atomic E-state index is 10.4. The van der Waals surface area contributed by atoms with Gasteiger partial charge in [0.15, 0.2) is 5.69 Å². The zero-order valence-electron chi connectivity index (χ0n) is 25.8. The highest BCUT2D eigenvalue weighted by Gasteiger charge is 2.17. The predicted octanol–water partition coefficient (Wildman–Crippen LogP) is 11.6. The van der Waals surface area contributed by atoms with Crippen molar-refractivity contribution in [3.8, 4) is 39.7 Å². The molecule has 0 saturated carbocycles. The number of hydrogen-bond acceptors (Lipinski definition) is 1. The molecule has 0 aliphatic rings. The van der Waals surface area contributed by atoms with Crippen LogP contribution in [0.1, 0.15) is 5.56 Å². The standard InChI is InChI=1S/C44H26N4/c1-46-33-23-24-34(44(27-33)48-42-16-8-4-12-37(42)38-13-5-9-17-43(38)48)30-20-18-29(19-21-30)31-22-25-39(32(26-31)28-45)47-40-14-6-2-10-35(40)36-11-3-7-15-41(36)47/h2-27H. The number of nitriles is 1. The quantitative estimate of drug-likeness (QED) is 0.183. The molecular formula is C44H26N4. The predicted molar refractivity (Wildman–Crippen MR) is 197 cm³/mol. The van der Waals surface area contributed by atoms with Gasteiger partial charge in [-0.05, 0) is 59.2 Å². The van der Waals surface area contributed by atoms with Crippen LogP contribution in [-0.2, 0) is 0 Å². The first-order valence-corrected chi connectivity index (χ1v) is 15.9. The zero-order valence-corrected chi connectivity index (χ0v) is 25.8. The lowest BCUT2D eigenvalue weighted by molar-refractivity contribution is 1.17. The first-order chi connectivity index (χ1) is 23.7. The minimum absolute atomic E-state index is 0.597. The van der Waals surface area contributed by atoms with Crippen molar-refractivity contribution in [3.63, 3.8) is 0 Å². The summed E-state index contributed by atoms with van der Waals surface area (Å²) in [6.07, 6.45) is 0. The van der Waals surface area contributed by atoms with Crippen LogP contribution in [0.5, 0.6) is 0 Å². The molecule has 0 aliphatic heterocycles. The second-order valence-corrected chi connectivity index (χ2v) is 12.0. The first kappa shape index (κ1) is 27.4. The summed E-state index contributed by atoms with van der Waals surface area (Å²) in [7, 11) is 0. The fraction of sp³-hybridized carbons (Fsp3) is 0. The second kappa shape index (κ2) is 10.9. The van der Waals surface area contributed by atoms with E-state index >= 15 is 0 Å². The molecule has 222 valence electrons. The number of benzene rings is 7. The van der Waals surface area contributed by atoms with Crippen molar-refractivity contribution >= 4 is 49.3 Å². The summed E-state index contributed by atoms with van der Waals surface area (Å²) in [4.78, 5) is 3.77. The van der Waals surface area contributed by atoms with E-state index in [1.807, 2.05) is 30.3 Å². The smallest absolute Gasteiger partial charge is 0.189 e. The van der Waals surface area contributed by atoms with Crippen LogP contribution in [0.25, 0.3) is 82.1 Å². The number of aromatic nitrogens is 2. The molecule has 9 rings (SSSR count). The number of nitrogens with zero attached hydrogens (tertiary/aromatic N) is 4. The summed E-state index contributed by atoms with van der Waals surface area (Å²) in [6, 6.07) is 56.6. The Morgan fingerprint density at radius 3 is 1.42 bits per heavy atom. The van der Waals surface area contributed by atoms with Gasteiger partial charge in [0.25, 0.3) is 0 Å². The number of fused-ring (bicyclic) bond motifs is 6. The highest BCUT2D eigenvalue weighted by atomic mass is 15.0. The molecule has 0 radical (unpaired) electrons. The van der Waals surface area contributed by atoms with E-state index in [0.29, 0.717) is 11.3 Å². The minimum atomic E-state index is 0.597. The third kappa shape index (κ3) is 4.14. The average Bonchev–Trinajstić information content (AvgIpc) is 3.67. The van der Waals surface area contributed by atoms with E-state index in [4.69, 9.17) is 6.57 Å². The molecular weight excluding hydrogens is 585 g/mol. The maximum absolute atomic E-state index is 10.4. The number of para-hydroxylation sites is 4. The highest BCUT2D eigenvalue weighted by Crippen LogP contribution is 2.39. The van der Waals surface area contributed by atoms with Gasteiger partial charge in [-0.15, -0.1) is 0 Å². The monoisotopic (exact) mass is 610 g/mol. The van der Waals surface area contributed by atoms with Crippen molar-refractivity contribution < 1.29 is 0 Å². The van der Waals surface area contributed by atoms with Gasteiger partial charge >= 0.3 is 0 Å². The third-order valence-electron chi connectivity index (χ3n) is 9.40. The van der Waals surface area contributed by atoms with Gasteiger partial charge in [0, 0.05) is 32.8 Å². The molecule has 7 aromatic carbocycles. The molecule has 4 heteroatoms. The van der Waals surface area contributed by atoms with Crippen LogP contribution >= 0.6 is 0 Å². The molecule has 0 N–H and O–H groups in total. The van der Waals surface area contributed by atoms with Crippen molar-refractivity contribution in [1.29, 1.82) is 5.26 Å². The molecule has 4 nitrogen and oxygen atoms in total. The molecule has 0 fully saturated rings. The van der Waals surface area contributed by atoms with Crippen LogP contribution in [0, 0.1) is 17.9 Å². The molecule has 0 bridgehead atoms. The van der Waals surface area contributed by atoms with E-state index in [1.54, 1.807) is 0 Å². The Hall–Kier alpha value is -6.88. The van der Waals surface area contributed by atoms with E-state index < -0.39 is 0 Å². The van der Waals surface area contributed by atoms with Gasteiger partial charge in [0.2, 0.25) is 0 Å². The van der Waals surface area contributed by atoms with E-state index in [9.17, 15) is 5.26 Å². The summed E-state index contributed by atoms with van der Waals surface area (Å²) >= 11 is 0. The zero-order chi connectivity index (χ0) is 32.2. The van der Waals surface area contributed by atoms with Gasteiger partial charge in [0.05, 0.1) is 39.9 Å². The summed E-state index contributed by atoms with van der Waals surface area (Å²) < 4.78 is 4.47. The largest absolute Gasteiger partial charge is 0.310 e. The molecule has 0 saturated heterocycles. The minimum Gasteiger partial charge on any atom is -0.310 e. The Kier molecular flexibility index (Phi) is 6.22. The Balaban J connectivity index is 1.15. The van der Waals surface area contributed by atoms with Crippen LogP contribution in [0.2, 0.25) is 0 Å². The number of rotatable bonds is 4. The summed E-state index contributed by atoms with van der Waals surface area (Å²) in [6.45, 7) is 7.75. The fourth-order valence-corrected chi connectivity index (χ4v) is 7.23. The summed E-state index contributed by atoms with van der Waals surface area (Å²) in [5, 5.41) is 15.1. The fourth-order valence-electron chi connectivity index (χ4n) is 7.23. The molecule has 2 heterocycles. The normalized spacial score (nSPS) is 11.3. The van der Waals surface area contributed by atoms with Gasteiger partial charge in [-0.3, -0.25) is 0 Å². The SMILES string of the molecule is [C-]#[N+]c1ccc(-c2ccc(-c3ccc(-n4c5ccccc5c5ccccc54)c(C#N)c3)cc2)c(-n2c3ccccc3c3ccccc32)c1. The van der Waals surface area contributed by atoms with Crippen LogP contribution in [0.3, 0.4) is 0 Å². The molecule has 0 unspecified atom stereocenters. The second-order valence-electron chi connectivity index (χ2n) is 12.0. The van der Waals surface area contributed by atoms with Crippen LogP contribution < -0.4 is 0 Å². The van der Waals surface area contributed by atoms with Gasteiger partial charge < -0.3 is 9.13 Å². The molecule has 9 aromatic rings. The first-order valence-electron chi connectivity index (χ1n) is 15.9. The number of hydrogen-bond donors (Lipinski definition) is 0. The molecule has 0 spiro atoms. The van der Waals surface area contributed by atoms with E-state index in [1.165, 1.54) is 21.5 Å². The van der Waals surface area contributed by atoms with Gasteiger partial charge in [-0.25, -0.2) is 4.85 Å². The Morgan fingerprint density at radius 1 is 0.458 bits per heavy atom. The van der Waals surface area contributed by atoms with E-state index in [0.717, 1.165) is 55.7 Å². The lowest BCUT2D eigenvalue weighted by Crippen LogP contribution is -1.98. The van der Waals surface area contributed by atoms with Crippen LogP contribution in [0.15, 0.2) is 158 Å². The third-order valence-corrected chi connectivity index (χ3v) is 9.40. The Bertz CT molecular complexity index is 2690. The Morgan fingerprint density at radius 2 is 0.917 bits per heavy atom. The van der Waals surface area contributed by atoms with Crippen molar-refractivity contribution in [1.82, 2.24) is 9.13 Å². The molecule has 48 heavy (non-hydrogen) atoms. The van der Waals surface area contributed by atoms with Gasteiger partial charge in [-0.1, -0.05) is 115 Å². The summed E-state index contributed by atoms with van der Waals surface area (Å²) in [5.41, 5.74) is 11.5.